The average Bonchev–Trinajstić information content (AvgIpc) is 2.53. The minimum atomic E-state index is -0.419. The van der Waals surface area contributed by atoms with E-state index in [1.165, 1.54) is 17.7 Å². The van der Waals surface area contributed by atoms with Crippen LogP contribution in [0.1, 0.15) is 47.9 Å². The van der Waals surface area contributed by atoms with E-state index in [0.717, 1.165) is 11.1 Å². The molecule has 0 aliphatic carbocycles. The smallest absolute Gasteiger partial charge is 0.170 e. The molecule has 0 aromatic heterocycles. The molecule has 124 valence electrons. The summed E-state index contributed by atoms with van der Waals surface area (Å²) in [5.41, 5.74) is 3.31. The first-order chi connectivity index (χ1) is 11.4. The lowest BCUT2D eigenvalue weighted by Gasteiger charge is -2.26. The molecule has 0 bridgehead atoms. The van der Waals surface area contributed by atoms with Crippen LogP contribution >= 0.6 is 0 Å². The van der Waals surface area contributed by atoms with Crippen LogP contribution in [0.3, 0.4) is 0 Å². The Morgan fingerprint density at radius 1 is 1.21 bits per heavy atom. The molecular formula is C20H20O4. The number of hydrogen-bond donors (Lipinski definition) is 2. The fourth-order valence-electron chi connectivity index (χ4n) is 2.78. The zero-order valence-electron chi connectivity index (χ0n) is 13.7. The van der Waals surface area contributed by atoms with Gasteiger partial charge in [-0.25, -0.2) is 0 Å². The van der Waals surface area contributed by atoms with E-state index in [4.69, 9.17) is 4.74 Å². The number of ketones is 1. The number of rotatable bonds is 3. The standard InChI is InChI=1S/C20H20O4/c1-12(2)3-4-13-9-14(5-8-17(13)22)19-11-18(23)16-7-6-15(21)10-20(16)24-19/h3,5-10,19,21-22H,4,11H2,1-2H3/t19-/m1/s1. The van der Waals surface area contributed by atoms with Crippen molar-refractivity contribution in [3.63, 3.8) is 0 Å². The maximum atomic E-state index is 12.3. The van der Waals surface area contributed by atoms with Crippen LogP contribution in [0.5, 0.6) is 17.2 Å². The molecule has 1 aliphatic rings. The van der Waals surface area contributed by atoms with Crippen LogP contribution in [0.2, 0.25) is 0 Å². The third kappa shape index (κ3) is 3.27. The van der Waals surface area contributed by atoms with E-state index in [-0.39, 0.29) is 23.7 Å². The van der Waals surface area contributed by atoms with Gasteiger partial charge in [0.25, 0.3) is 0 Å². The Morgan fingerprint density at radius 3 is 2.75 bits per heavy atom. The highest BCUT2D eigenvalue weighted by molar-refractivity contribution is 6.00. The van der Waals surface area contributed by atoms with Crippen LogP contribution in [0.25, 0.3) is 0 Å². The van der Waals surface area contributed by atoms with Crippen molar-refractivity contribution in [1.29, 1.82) is 0 Å². The summed E-state index contributed by atoms with van der Waals surface area (Å²) < 4.78 is 5.91. The number of phenolic OH excluding ortho intramolecular Hbond substituents is 2. The van der Waals surface area contributed by atoms with Crippen LogP contribution in [0.15, 0.2) is 48.0 Å². The SMILES string of the molecule is CC(C)=CCc1cc([C@H]2CC(=O)c3ccc(O)cc3O2)ccc1O. The normalized spacial score (nSPS) is 16.2. The zero-order valence-corrected chi connectivity index (χ0v) is 13.7. The van der Waals surface area contributed by atoms with E-state index in [9.17, 15) is 15.0 Å². The number of allylic oxidation sites excluding steroid dienone is 2. The van der Waals surface area contributed by atoms with Crippen molar-refractivity contribution in [3.05, 3.63) is 64.7 Å². The van der Waals surface area contributed by atoms with E-state index in [1.54, 1.807) is 18.2 Å². The largest absolute Gasteiger partial charge is 0.508 e. The fraction of sp³-hybridized carbons (Fsp3) is 0.250. The van der Waals surface area contributed by atoms with Crippen LogP contribution in [-0.4, -0.2) is 16.0 Å². The van der Waals surface area contributed by atoms with Gasteiger partial charge in [0.2, 0.25) is 0 Å². The summed E-state index contributed by atoms with van der Waals surface area (Å²) in [6.07, 6.45) is 2.49. The van der Waals surface area contributed by atoms with Gasteiger partial charge in [0.05, 0.1) is 12.0 Å². The first-order valence-electron chi connectivity index (χ1n) is 7.92. The quantitative estimate of drug-likeness (QED) is 0.826. The second-order valence-electron chi connectivity index (χ2n) is 6.29. The summed E-state index contributed by atoms with van der Waals surface area (Å²) in [6.45, 7) is 4.01. The van der Waals surface area contributed by atoms with Gasteiger partial charge in [0, 0.05) is 6.07 Å². The second-order valence-corrected chi connectivity index (χ2v) is 6.29. The van der Waals surface area contributed by atoms with Crippen molar-refractivity contribution < 1.29 is 19.7 Å². The molecule has 1 atom stereocenters. The Balaban J connectivity index is 1.91. The minimum absolute atomic E-state index is 0.0137. The van der Waals surface area contributed by atoms with Gasteiger partial charge in [0.1, 0.15) is 23.4 Å². The number of aromatic hydroxyl groups is 2. The highest BCUT2D eigenvalue weighted by Crippen LogP contribution is 2.37. The number of benzene rings is 2. The summed E-state index contributed by atoms with van der Waals surface area (Å²) in [7, 11) is 0. The maximum Gasteiger partial charge on any atom is 0.170 e. The third-order valence-electron chi connectivity index (χ3n) is 4.11. The summed E-state index contributed by atoms with van der Waals surface area (Å²) in [6, 6.07) is 9.81. The molecule has 4 nitrogen and oxygen atoms in total. The Morgan fingerprint density at radius 2 is 2.00 bits per heavy atom. The molecular weight excluding hydrogens is 304 g/mol. The number of fused-ring (bicyclic) bond motifs is 1. The maximum absolute atomic E-state index is 12.3. The Hall–Kier alpha value is -2.75. The molecule has 2 aromatic carbocycles. The predicted molar refractivity (Wildman–Crippen MR) is 91.7 cm³/mol. The highest BCUT2D eigenvalue weighted by Gasteiger charge is 2.28. The Bertz CT molecular complexity index is 816. The van der Waals surface area contributed by atoms with E-state index >= 15 is 0 Å². The van der Waals surface area contributed by atoms with Gasteiger partial charge in [-0.3, -0.25) is 4.79 Å². The molecule has 2 aromatic rings. The summed E-state index contributed by atoms with van der Waals surface area (Å²) >= 11 is 0. The van der Waals surface area contributed by atoms with E-state index < -0.39 is 6.10 Å². The molecule has 2 N–H and O–H groups in total. The van der Waals surface area contributed by atoms with Gasteiger partial charge in [-0.05, 0) is 55.7 Å². The van der Waals surface area contributed by atoms with Gasteiger partial charge in [-0.1, -0.05) is 17.7 Å². The first-order valence-corrected chi connectivity index (χ1v) is 7.92. The molecule has 3 rings (SSSR count). The number of carbonyl (C=O) groups is 1. The molecule has 0 saturated heterocycles. The van der Waals surface area contributed by atoms with Crippen LogP contribution in [0.4, 0.5) is 0 Å². The lowest BCUT2D eigenvalue weighted by atomic mass is 9.94. The van der Waals surface area contributed by atoms with Gasteiger partial charge in [-0.15, -0.1) is 0 Å². The van der Waals surface area contributed by atoms with E-state index in [1.807, 2.05) is 26.0 Å². The van der Waals surface area contributed by atoms with Gasteiger partial charge < -0.3 is 14.9 Å². The van der Waals surface area contributed by atoms with Crippen LogP contribution in [0, 0.1) is 0 Å². The molecule has 0 amide bonds. The summed E-state index contributed by atoms with van der Waals surface area (Å²) in [5, 5.41) is 19.6. The number of phenols is 2. The lowest BCUT2D eigenvalue weighted by Crippen LogP contribution is -2.20. The number of carbonyl (C=O) groups excluding carboxylic acids is 1. The van der Waals surface area contributed by atoms with Crippen molar-refractivity contribution in [2.24, 2.45) is 0 Å². The summed E-state index contributed by atoms with van der Waals surface area (Å²) in [5.74, 6) is 0.684. The number of Topliss-reactive ketones (excluding diaryl/α,β-unsaturated/α-hetero) is 1. The van der Waals surface area contributed by atoms with Crippen molar-refractivity contribution in [2.45, 2.75) is 32.8 Å². The molecule has 4 heteroatoms. The molecule has 0 unspecified atom stereocenters. The van der Waals surface area contributed by atoms with Gasteiger partial charge in [0.15, 0.2) is 5.78 Å². The van der Waals surface area contributed by atoms with Crippen LogP contribution in [-0.2, 0) is 6.42 Å². The monoisotopic (exact) mass is 324 g/mol. The Labute approximate surface area is 141 Å². The van der Waals surface area contributed by atoms with Crippen molar-refractivity contribution >= 4 is 5.78 Å². The molecule has 0 saturated carbocycles. The predicted octanol–water partition coefficient (Wildman–Crippen LogP) is 4.31. The van der Waals surface area contributed by atoms with Crippen molar-refractivity contribution in [3.8, 4) is 17.2 Å². The molecule has 0 radical (unpaired) electrons. The highest BCUT2D eigenvalue weighted by atomic mass is 16.5. The number of ether oxygens (including phenoxy) is 1. The van der Waals surface area contributed by atoms with Crippen LogP contribution < -0.4 is 4.74 Å². The van der Waals surface area contributed by atoms with Crippen molar-refractivity contribution in [2.75, 3.05) is 0 Å². The molecule has 1 heterocycles. The zero-order chi connectivity index (χ0) is 17.3. The minimum Gasteiger partial charge on any atom is -0.508 e. The van der Waals surface area contributed by atoms with Crippen molar-refractivity contribution in [1.82, 2.24) is 0 Å². The molecule has 24 heavy (non-hydrogen) atoms. The second kappa shape index (κ2) is 6.40. The molecule has 0 spiro atoms. The van der Waals surface area contributed by atoms with Gasteiger partial charge >= 0.3 is 0 Å². The average molecular weight is 324 g/mol. The third-order valence-corrected chi connectivity index (χ3v) is 4.11. The summed E-state index contributed by atoms with van der Waals surface area (Å²) in [4.78, 5) is 12.3. The topological polar surface area (TPSA) is 66.8 Å². The Kier molecular flexibility index (Phi) is 4.30. The van der Waals surface area contributed by atoms with Gasteiger partial charge in [-0.2, -0.15) is 0 Å². The number of hydrogen-bond acceptors (Lipinski definition) is 4. The fourth-order valence-corrected chi connectivity index (χ4v) is 2.78. The van der Waals surface area contributed by atoms with E-state index in [2.05, 4.69) is 0 Å². The first kappa shape index (κ1) is 16.1. The lowest BCUT2D eigenvalue weighted by molar-refractivity contribution is 0.0849. The molecule has 1 aliphatic heterocycles. The van der Waals surface area contributed by atoms with E-state index in [0.29, 0.717) is 17.7 Å². The molecule has 0 fully saturated rings.